The van der Waals surface area contributed by atoms with Crippen molar-refractivity contribution >= 4 is 33.3 Å². The molecule has 0 fully saturated rings. The zero-order chi connectivity index (χ0) is 15.6. The average Bonchev–Trinajstić information content (AvgIpc) is 2.42. The number of nitrogens with one attached hydrogen (secondary N) is 1. The third kappa shape index (κ3) is 3.55. The molecule has 110 valence electrons. The molecule has 0 aliphatic rings. The maximum absolute atomic E-state index is 13.7. The number of benzene rings is 1. The summed E-state index contributed by atoms with van der Waals surface area (Å²) < 4.78 is 14.4. The zero-order valence-electron chi connectivity index (χ0n) is 11.4. The number of carboxylic acids is 1. The van der Waals surface area contributed by atoms with E-state index in [1.165, 1.54) is 18.3 Å². The van der Waals surface area contributed by atoms with Crippen molar-refractivity contribution in [1.82, 2.24) is 9.97 Å². The Bertz CT molecular complexity index is 692. The third-order valence-electron chi connectivity index (χ3n) is 2.72. The van der Waals surface area contributed by atoms with Gasteiger partial charge in [-0.15, -0.1) is 0 Å². The first kappa shape index (κ1) is 15.4. The van der Waals surface area contributed by atoms with E-state index >= 15 is 0 Å². The minimum atomic E-state index is -1.20. The van der Waals surface area contributed by atoms with E-state index in [1.807, 2.05) is 13.8 Å². The van der Waals surface area contributed by atoms with Gasteiger partial charge in [0.15, 0.2) is 5.69 Å². The molecule has 7 heteroatoms. The number of aromatic nitrogens is 2. The number of hydrogen-bond donors (Lipinski definition) is 2. The molecule has 2 rings (SSSR count). The van der Waals surface area contributed by atoms with Crippen LogP contribution in [0.25, 0.3) is 0 Å². The predicted octanol–water partition coefficient (Wildman–Crippen LogP) is 3.94. The van der Waals surface area contributed by atoms with Gasteiger partial charge < -0.3 is 10.4 Å². The van der Waals surface area contributed by atoms with Crippen molar-refractivity contribution in [2.75, 3.05) is 5.32 Å². The first-order chi connectivity index (χ1) is 9.88. The van der Waals surface area contributed by atoms with Crippen molar-refractivity contribution in [3.05, 3.63) is 46.2 Å². The van der Waals surface area contributed by atoms with Crippen molar-refractivity contribution in [2.45, 2.75) is 19.8 Å². The van der Waals surface area contributed by atoms with Crippen molar-refractivity contribution in [1.29, 1.82) is 0 Å². The summed E-state index contributed by atoms with van der Waals surface area (Å²) in [5, 5.41) is 12.0. The molecule has 1 aromatic heterocycles. The van der Waals surface area contributed by atoms with E-state index in [-0.39, 0.29) is 23.0 Å². The van der Waals surface area contributed by atoms with Crippen LogP contribution in [0, 0.1) is 5.82 Å². The second-order valence-corrected chi connectivity index (χ2v) is 5.62. The Hall–Kier alpha value is -2.02. The molecule has 0 unspecified atom stereocenters. The number of halogens is 2. The van der Waals surface area contributed by atoms with Crippen LogP contribution < -0.4 is 5.32 Å². The van der Waals surface area contributed by atoms with Gasteiger partial charge in [-0.1, -0.05) is 29.8 Å². The van der Waals surface area contributed by atoms with Gasteiger partial charge in [0.05, 0.1) is 17.6 Å². The molecule has 0 saturated carbocycles. The molecule has 0 atom stereocenters. The fourth-order valence-electron chi connectivity index (χ4n) is 1.67. The van der Waals surface area contributed by atoms with Crippen molar-refractivity contribution in [3.8, 4) is 0 Å². The summed E-state index contributed by atoms with van der Waals surface area (Å²) in [6, 6.07) is 4.34. The van der Waals surface area contributed by atoms with Crippen molar-refractivity contribution < 1.29 is 14.3 Å². The van der Waals surface area contributed by atoms with Crippen LogP contribution in [-0.2, 0) is 0 Å². The molecule has 0 radical (unpaired) electrons. The summed E-state index contributed by atoms with van der Waals surface area (Å²) >= 11 is 3.23. The SMILES string of the molecule is CC(C)c1ncc(Nc2cc(Br)ccc2F)c(C(=O)O)n1. The van der Waals surface area contributed by atoms with Gasteiger partial charge in [-0.05, 0) is 18.2 Å². The van der Waals surface area contributed by atoms with Gasteiger partial charge >= 0.3 is 5.97 Å². The van der Waals surface area contributed by atoms with E-state index in [1.54, 1.807) is 6.07 Å². The smallest absolute Gasteiger partial charge is 0.356 e. The highest BCUT2D eigenvalue weighted by atomic mass is 79.9. The molecule has 2 N–H and O–H groups in total. The lowest BCUT2D eigenvalue weighted by molar-refractivity contribution is 0.0691. The Labute approximate surface area is 129 Å². The number of hydrogen-bond acceptors (Lipinski definition) is 4. The molecule has 0 aliphatic carbocycles. The Kier molecular flexibility index (Phi) is 4.52. The van der Waals surface area contributed by atoms with Crippen LogP contribution >= 0.6 is 15.9 Å². The van der Waals surface area contributed by atoms with Gasteiger partial charge in [-0.25, -0.2) is 19.2 Å². The molecular weight excluding hydrogens is 341 g/mol. The number of nitrogens with zero attached hydrogens (tertiary/aromatic N) is 2. The van der Waals surface area contributed by atoms with Crippen LogP contribution in [0.15, 0.2) is 28.9 Å². The summed E-state index contributed by atoms with van der Waals surface area (Å²) in [5.41, 5.74) is 0.102. The quantitative estimate of drug-likeness (QED) is 0.870. The standard InChI is InChI=1S/C14H13BrFN3O2/c1-7(2)13-17-6-11(12(19-13)14(20)21)18-10-5-8(15)3-4-9(10)16/h3-7,18H,1-2H3,(H,20,21). The molecule has 1 heterocycles. The molecule has 0 aliphatic heterocycles. The van der Waals surface area contributed by atoms with Crippen LogP contribution in [0.5, 0.6) is 0 Å². The number of rotatable bonds is 4. The largest absolute Gasteiger partial charge is 0.476 e. The van der Waals surface area contributed by atoms with Gasteiger partial charge in [0.25, 0.3) is 0 Å². The summed E-state index contributed by atoms with van der Waals surface area (Å²) in [6.07, 6.45) is 1.35. The molecular formula is C14H13BrFN3O2. The van der Waals surface area contributed by atoms with Gasteiger partial charge in [-0.2, -0.15) is 0 Å². The number of aromatic carboxylic acids is 1. The fourth-order valence-corrected chi connectivity index (χ4v) is 2.03. The fraction of sp³-hybridized carbons (Fsp3) is 0.214. The van der Waals surface area contributed by atoms with Crippen LogP contribution in [0.3, 0.4) is 0 Å². The molecule has 0 amide bonds. The summed E-state index contributed by atoms with van der Waals surface area (Å²) in [6.45, 7) is 3.73. The minimum absolute atomic E-state index is 0.000226. The third-order valence-corrected chi connectivity index (χ3v) is 3.22. The van der Waals surface area contributed by atoms with Gasteiger partial charge in [0.1, 0.15) is 11.6 Å². The molecule has 0 bridgehead atoms. The summed E-state index contributed by atoms with van der Waals surface area (Å²) in [5.74, 6) is -1.27. The minimum Gasteiger partial charge on any atom is -0.476 e. The zero-order valence-corrected chi connectivity index (χ0v) is 13.0. The molecule has 0 saturated heterocycles. The van der Waals surface area contributed by atoms with Gasteiger partial charge in [0.2, 0.25) is 0 Å². The Morgan fingerprint density at radius 1 is 1.38 bits per heavy atom. The lowest BCUT2D eigenvalue weighted by Crippen LogP contribution is -2.10. The van der Waals surface area contributed by atoms with Crippen molar-refractivity contribution in [3.63, 3.8) is 0 Å². The second-order valence-electron chi connectivity index (χ2n) is 4.70. The summed E-state index contributed by atoms with van der Waals surface area (Å²) in [7, 11) is 0. The molecule has 1 aromatic carbocycles. The first-order valence-electron chi connectivity index (χ1n) is 6.20. The van der Waals surface area contributed by atoms with Crippen LogP contribution in [0.2, 0.25) is 0 Å². The Morgan fingerprint density at radius 3 is 2.71 bits per heavy atom. The normalized spacial score (nSPS) is 10.7. The first-order valence-corrected chi connectivity index (χ1v) is 7.00. The highest BCUT2D eigenvalue weighted by molar-refractivity contribution is 9.10. The van der Waals surface area contributed by atoms with E-state index in [4.69, 9.17) is 0 Å². The molecule has 2 aromatic rings. The predicted molar refractivity (Wildman–Crippen MR) is 80.5 cm³/mol. The molecule has 21 heavy (non-hydrogen) atoms. The topological polar surface area (TPSA) is 75.1 Å². The second kappa shape index (κ2) is 6.17. The van der Waals surface area contributed by atoms with E-state index in [0.717, 1.165) is 0 Å². The number of anilines is 2. The number of carbonyl (C=O) groups is 1. The molecule has 0 spiro atoms. The highest BCUT2D eigenvalue weighted by Gasteiger charge is 2.17. The Balaban J connectivity index is 2.44. The lowest BCUT2D eigenvalue weighted by atomic mass is 10.2. The van der Waals surface area contributed by atoms with Gasteiger partial charge in [-0.3, -0.25) is 0 Å². The van der Waals surface area contributed by atoms with Crippen LogP contribution in [0.4, 0.5) is 15.8 Å². The lowest BCUT2D eigenvalue weighted by Gasteiger charge is -2.12. The van der Waals surface area contributed by atoms with Crippen LogP contribution in [-0.4, -0.2) is 21.0 Å². The highest BCUT2D eigenvalue weighted by Crippen LogP contribution is 2.25. The Morgan fingerprint density at radius 2 is 2.10 bits per heavy atom. The molecule has 5 nitrogen and oxygen atoms in total. The van der Waals surface area contributed by atoms with E-state index in [2.05, 4.69) is 31.2 Å². The maximum Gasteiger partial charge on any atom is 0.356 e. The number of carboxylic acid groups (broad SMARTS) is 1. The van der Waals surface area contributed by atoms with E-state index < -0.39 is 11.8 Å². The average molecular weight is 354 g/mol. The monoisotopic (exact) mass is 353 g/mol. The van der Waals surface area contributed by atoms with Crippen LogP contribution in [0.1, 0.15) is 36.1 Å². The van der Waals surface area contributed by atoms with Crippen molar-refractivity contribution in [2.24, 2.45) is 0 Å². The van der Waals surface area contributed by atoms with E-state index in [9.17, 15) is 14.3 Å². The van der Waals surface area contributed by atoms with Gasteiger partial charge in [0, 0.05) is 10.4 Å². The summed E-state index contributed by atoms with van der Waals surface area (Å²) in [4.78, 5) is 19.4. The van der Waals surface area contributed by atoms with E-state index in [0.29, 0.717) is 10.3 Å². The maximum atomic E-state index is 13.7.